The number of hydrogen-bond donors (Lipinski definition) is 0. The Balaban J connectivity index is 2.78. The SMILES string of the molecule is CC(C)[Si](OC[C@@H]1C[C@H]([C@@H](C)I)OC(=O)O1)(C(C)C)C(C)C. The summed E-state index contributed by atoms with van der Waals surface area (Å²) < 4.78 is 17.4. The molecule has 0 unspecified atom stereocenters. The third kappa shape index (κ3) is 4.60. The average Bonchev–Trinajstić information content (AvgIpc) is 2.37. The number of hydrogen-bond acceptors (Lipinski definition) is 4. The lowest BCUT2D eigenvalue weighted by Gasteiger charge is -2.43. The predicted octanol–water partition coefficient (Wildman–Crippen LogP) is 5.30. The normalized spacial score (nSPS) is 24.6. The van der Waals surface area contributed by atoms with Crippen LogP contribution in [0.4, 0.5) is 4.79 Å². The smallest absolute Gasteiger partial charge is 0.430 e. The molecule has 1 fully saturated rings. The highest BCUT2D eigenvalue weighted by molar-refractivity contribution is 14.1. The van der Waals surface area contributed by atoms with Crippen LogP contribution in [0.3, 0.4) is 0 Å². The third-order valence-corrected chi connectivity index (χ3v) is 11.6. The molecule has 3 atom stereocenters. The fourth-order valence-corrected chi connectivity index (χ4v) is 9.68. The Morgan fingerprint density at radius 3 is 2.00 bits per heavy atom. The molecule has 0 radical (unpaired) electrons. The Morgan fingerprint density at radius 1 is 1.09 bits per heavy atom. The van der Waals surface area contributed by atoms with Gasteiger partial charge in [-0.2, -0.15) is 0 Å². The van der Waals surface area contributed by atoms with Gasteiger partial charge >= 0.3 is 6.16 Å². The second kappa shape index (κ2) is 8.33. The maximum atomic E-state index is 11.6. The Labute approximate surface area is 149 Å². The van der Waals surface area contributed by atoms with Crippen LogP contribution in [0.2, 0.25) is 16.6 Å². The van der Waals surface area contributed by atoms with Gasteiger partial charge in [0.05, 0.1) is 6.61 Å². The lowest BCUT2D eigenvalue weighted by atomic mass is 10.1. The van der Waals surface area contributed by atoms with Crippen molar-refractivity contribution in [1.82, 2.24) is 0 Å². The van der Waals surface area contributed by atoms with Gasteiger partial charge < -0.3 is 13.9 Å². The lowest BCUT2D eigenvalue weighted by Crippen LogP contribution is -2.50. The number of halogens is 1. The van der Waals surface area contributed by atoms with E-state index in [0.29, 0.717) is 29.7 Å². The van der Waals surface area contributed by atoms with Gasteiger partial charge in [-0.05, 0) is 23.5 Å². The van der Waals surface area contributed by atoms with Crippen molar-refractivity contribution < 1.29 is 18.7 Å². The van der Waals surface area contributed by atoms with Gasteiger partial charge in [-0.3, -0.25) is 0 Å². The topological polar surface area (TPSA) is 44.8 Å². The zero-order valence-electron chi connectivity index (χ0n) is 14.9. The quantitative estimate of drug-likeness (QED) is 0.232. The van der Waals surface area contributed by atoms with E-state index in [2.05, 4.69) is 71.1 Å². The number of cyclic esters (lactones) is 2. The van der Waals surface area contributed by atoms with Crippen LogP contribution in [0, 0.1) is 0 Å². The minimum absolute atomic E-state index is 0.0799. The Hall–Kier alpha value is 0.177. The van der Waals surface area contributed by atoms with E-state index in [1.165, 1.54) is 0 Å². The molecular formula is C16H31IO4Si. The van der Waals surface area contributed by atoms with E-state index in [1.807, 2.05) is 0 Å². The highest BCUT2D eigenvalue weighted by atomic mass is 127. The first kappa shape index (κ1) is 20.2. The molecule has 0 aromatic heterocycles. The van der Waals surface area contributed by atoms with Crippen LogP contribution in [0.1, 0.15) is 54.9 Å². The van der Waals surface area contributed by atoms with Gasteiger partial charge in [0.25, 0.3) is 0 Å². The average molecular weight is 442 g/mol. The van der Waals surface area contributed by atoms with E-state index in [-0.39, 0.29) is 16.1 Å². The van der Waals surface area contributed by atoms with Crippen LogP contribution in [0.5, 0.6) is 0 Å². The third-order valence-electron chi connectivity index (χ3n) is 4.74. The van der Waals surface area contributed by atoms with Crippen molar-refractivity contribution >= 4 is 37.1 Å². The standard InChI is InChI=1S/C16H31IO4Si/c1-10(2)22(11(3)4,12(5)6)19-9-14-8-15(13(7)17)21-16(18)20-14/h10-15H,8-9H2,1-7H3/t13-,14+,15-/m1/s1. The van der Waals surface area contributed by atoms with Crippen LogP contribution in [-0.2, 0) is 13.9 Å². The van der Waals surface area contributed by atoms with Crippen LogP contribution < -0.4 is 0 Å². The van der Waals surface area contributed by atoms with E-state index in [1.54, 1.807) is 0 Å². The molecule has 4 nitrogen and oxygen atoms in total. The summed E-state index contributed by atoms with van der Waals surface area (Å²) in [5.74, 6) is 0. The molecule has 1 rings (SSSR count). The summed E-state index contributed by atoms with van der Waals surface area (Å²) in [6.07, 6.45) is -0.108. The molecule has 0 aliphatic carbocycles. The molecule has 0 bridgehead atoms. The summed E-state index contributed by atoms with van der Waals surface area (Å²) in [5, 5.41) is 0. The summed E-state index contributed by atoms with van der Waals surface area (Å²) in [4.78, 5) is 11.6. The minimum Gasteiger partial charge on any atom is -0.430 e. The maximum Gasteiger partial charge on any atom is 0.508 e. The number of alkyl halides is 1. The fraction of sp³-hybridized carbons (Fsp3) is 0.938. The zero-order chi connectivity index (χ0) is 17.1. The largest absolute Gasteiger partial charge is 0.508 e. The molecule has 0 aromatic rings. The highest BCUT2D eigenvalue weighted by Gasteiger charge is 2.46. The molecule has 130 valence electrons. The summed E-state index contributed by atoms with van der Waals surface area (Å²) >= 11 is 2.29. The Morgan fingerprint density at radius 2 is 1.59 bits per heavy atom. The molecule has 0 spiro atoms. The molecular weight excluding hydrogens is 411 g/mol. The van der Waals surface area contributed by atoms with Crippen LogP contribution >= 0.6 is 22.6 Å². The summed E-state index contributed by atoms with van der Waals surface area (Å²) in [6, 6.07) is 0. The van der Waals surface area contributed by atoms with Gasteiger partial charge in [0.2, 0.25) is 8.32 Å². The van der Waals surface area contributed by atoms with E-state index in [4.69, 9.17) is 13.9 Å². The van der Waals surface area contributed by atoms with E-state index < -0.39 is 14.5 Å². The van der Waals surface area contributed by atoms with Gasteiger partial charge in [-0.1, -0.05) is 64.1 Å². The van der Waals surface area contributed by atoms with E-state index in [0.717, 1.165) is 0 Å². The van der Waals surface area contributed by atoms with E-state index >= 15 is 0 Å². The summed E-state index contributed by atoms with van der Waals surface area (Å²) in [5.41, 5.74) is 1.59. The molecule has 1 heterocycles. The first-order chi connectivity index (χ1) is 10.1. The molecule has 0 amide bonds. The lowest BCUT2D eigenvalue weighted by molar-refractivity contribution is -0.0708. The van der Waals surface area contributed by atoms with Gasteiger partial charge in [0.15, 0.2) is 0 Å². The maximum absolute atomic E-state index is 11.6. The van der Waals surface area contributed by atoms with Crippen molar-refractivity contribution in [2.45, 2.75) is 87.6 Å². The first-order valence-electron chi connectivity index (χ1n) is 8.26. The van der Waals surface area contributed by atoms with Crippen molar-refractivity contribution in [3.8, 4) is 0 Å². The first-order valence-corrected chi connectivity index (χ1v) is 11.6. The van der Waals surface area contributed by atoms with Crippen LogP contribution in [0.25, 0.3) is 0 Å². The number of rotatable bonds is 7. The predicted molar refractivity (Wildman–Crippen MR) is 100 cm³/mol. The molecule has 22 heavy (non-hydrogen) atoms. The van der Waals surface area contributed by atoms with Crippen LogP contribution in [0.15, 0.2) is 0 Å². The van der Waals surface area contributed by atoms with Crippen molar-refractivity contribution in [2.24, 2.45) is 0 Å². The second-order valence-electron chi connectivity index (χ2n) is 7.19. The molecule has 1 aliphatic heterocycles. The Kier molecular flexibility index (Phi) is 7.65. The summed E-state index contributed by atoms with van der Waals surface area (Å²) in [7, 11) is -1.92. The molecule has 0 N–H and O–H groups in total. The number of ether oxygens (including phenoxy) is 2. The zero-order valence-corrected chi connectivity index (χ0v) is 18.0. The fourth-order valence-electron chi connectivity index (χ4n) is 3.76. The monoisotopic (exact) mass is 442 g/mol. The van der Waals surface area contributed by atoms with Gasteiger partial charge in [0, 0.05) is 10.3 Å². The molecule has 6 heteroatoms. The van der Waals surface area contributed by atoms with Crippen molar-refractivity contribution in [3.63, 3.8) is 0 Å². The van der Waals surface area contributed by atoms with Crippen molar-refractivity contribution in [1.29, 1.82) is 0 Å². The molecule has 1 saturated heterocycles. The summed E-state index contributed by atoms with van der Waals surface area (Å²) in [6.45, 7) is 16.1. The van der Waals surface area contributed by atoms with Crippen LogP contribution in [-0.4, -0.2) is 37.2 Å². The minimum atomic E-state index is -1.92. The van der Waals surface area contributed by atoms with E-state index in [9.17, 15) is 4.79 Å². The second-order valence-corrected chi connectivity index (χ2v) is 14.6. The van der Waals surface area contributed by atoms with Crippen molar-refractivity contribution in [2.75, 3.05) is 6.61 Å². The van der Waals surface area contributed by atoms with Gasteiger partial charge in [-0.25, -0.2) is 4.79 Å². The molecule has 1 aliphatic rings. The van der Waals surface area contributed by atoms with Gasteiger partial charge in [-0.15, -0.1) is 0 Å². The highest BCUT2D eigenvalue weighted by Crippen LogP contribution is 2.42. The molecule has 0 aromatic carbocycles. The Bertz CT molecular complexity index is 349. The van der Waals surface area contributed by atoms with Crippen molar-refractivity contribution in [3.05, 3.63) is 0 Å². The molecule has 0 saturated carbocycles. The number of carbonyl (C=O) groups excluding carboxylic acids is 1. The van der Waals surface area contributed by atoms with Gasteiger partial charge in [0.1, 0.15) is 12.2 Å². The number of carbonyl (C=O) groups is 1.